The largest absolute Gasteiger partial charge is 0.508 e. The van der Waals surface area contributed by atoms with E-state index < -0.39 is 0 Å². The average Bonchev–Trinajstić information content (AvgIpc) is 2.90. The van der Waals surface area contributed by atoms with Crippen LogP contribution >= 0.6 is 11.6 Å². The zero-order valence-electron chi connectivity index (χ0n) is 11.6. The summed E-state index contributed by atoms with van der Waals surface area (Å²) in [5, 5.41) is 13.7. The van der Waals surface area contributed by atoms with E-state index in [1.807, 2.05) is 31.2 Å². The van der Waals surface area contributed by atoms with Gasteiger partial charge in [-0.1, -0.05) is 29.8 Å². The summed E-state index contributed by atoms with van der Waals surface area (Å²) in [5.74, 6) is 1.06. The molecule has 0 saturated heterocycles. The average molecular weight is 302 g/mol. The minimum absolute atomic E-state index is 0.0214. The molecule has 0 amide bonds. The molecule has 3 aromatic rings. The highest BCUT2D eigenvalue weighted by molar-refractivity contribution is 6.31. The summed E-state index contributed by atoms with van der Waals surface area (Å²) < 4.78 is 0. The summed E-state index contributed by atoms with van der Waals surface area (Å²) in [7, 11) is 0. The molecule has 5 heteroatoms. The monoisotopic (exact) mass is 301 g/mol. The maximum atomic E-state index is 9.84. The second-order valence-electron chi connectivity index (χ2n) is 4.98. The van der Waals surface area contributed by atoms with E-state index in [-0.39, 0.29) is 11.8 Å². The number of halogens is 1. The number of phenols is 1. The lowest BCUT2D eigenvalue weighted by Crippen LogP contribution is -2.19. The van der Waals surface area contributed by atoms with E-state index in [1.165, 1.54) is 0 Å². The molecule has 3 N–H and O–H groups in total. The molecule has 4 nitrogen and oxygen atoms in total. The summed E-state index contributed by atoms with van der Waals surface area (Å²) in [5.41, 5.74) is 2.66. The Hall–Kier alpha value is -2.04. The third-order valence-electron chi connectivity index (χ3n) is 3.50. The van der Waals surface area contributed by atoms with E-state index in [1.54, 1.807) is 18.2 Å². The Kier molecular flexibility index (Phi) is 3.82. The van der Waals surface area contributed by atoms with Gasteiger partial charge in [0.1, 0.15) is 11.6 Å². The lowest BCUT2D eigenvalue weighted by Gasteiger charge is -2.13. The molecule has 0 aliphatic rings. The van der Waals surface area contributed by atoms with Crippen molar-refractivity contribution in [1.29, 1.82) is 0 Å². The van der Waals surface area contributed by atoms with Crippen molar-refractivity contribution in [2.24, 2.45) is 0 Å². The minimum atomic E-state index is 0.0214. The number of aromatic hydroxyl groups is 1. The number of benzene rings is 2. The van der Waals surface area contributed by atoms with Crippen molar-refractivity contribution < 1.29 is 5.11 Å². The first-order valence-corrected chi connectivity index (χ1v) is 7.17. The zero-order valence-corrected chi connectivity index (χ0v) is 12.4. The van der Waals surface area contributed by atoms with Gasteiger partial charge in [-0.2, -0.15) is 0 Å². The molecule has 0 radical (unpaired) electrons. The highest BCUT2D eigenvalue weighted by Crippen LogP contribution is 2.25. The van der Waals surface area contributed by atoms with Crippen LogP contribution in [0.1, 0.15) is 24.4 Å². The number of nitrogens with one attached hydrogen (secondary N) is 2. The van der Waals surface area contributed by atoms with Gasteiger partial charge in [-0.25, -0.2) is 4.98 Å². The second kappa shape index (κ2) is 5.76. The first-order chi connectivity index (χ1) is 10.1. The topological polar surface area (TPSA) is 60.9 Å². The van der Waals surface area contributed by atoms with Crippen LogP contribution in [0.2, 0.25) is 5.02 Å². The SMILES string of the molecule is CC(NCc1c(O)cccc1Cl)c1nc2ccccc2[nH]1. The van der Waals surface area contributed by atoms with Crippen molar-refractivity contribution in [2.75, 3.05) is 0 Å². The molecule has 0 aliphatic carbocycles. The number of H-pyrrole nitrogens is 1. The van der Waals surface area contributed by atoms with E-state index in [0.717, 1.165) is 16.9 Å². The van der Waals surface area contributed by atoms with E-state index in [2.05, 4.69) is 15.3 Å². The fraction of sp³-hybridized carbons (Fsp3) is 0.188. The summed E-state index contributed by atoms with van der Waals surface area (Å²) >= 11 is 6.10. The number of aromatic amines is 1. The standard InChI is InChI=1S/C16H16ClN3O/c1-10(16-19-13-6-2-3-7-14(13)20-16)18-9-11-12(17)5-4-8-15(11)21/h2-8,10,18,21H,9H2,1H3,(H,19,20). The van der Waals surface area contributed by atoms with Gasteiger partial charge >= 0.3 is 0 Å². The Morgan fingerprint density at radius 2 is 2.05 bits per heavy atom. The van der Waals surface area contributed by atoms with Crippen LogP contribution in [0.4, 0.5) is 0 Å². The van der Waals surface area contributed by atoms with E-state index in [4.69, 9.17) is 11.6 Å². The highest BCUT2D eigenvalue weighted by atomic mass is 35.5. The summed E-state index contributed by atoms with van der Waals surface area (Å²) in [4.78, 5) is 7.85. The first-order valence-electron chi connectivity index (χ1n) is 6.79. The summed E-state index contributed by atoms with van der Waals surface area (Å²) in [6.07, 6.45) is 0. The van der Waals surface area contributed by atoms with E-state index >= 15 is 0 Å². The Morgan fingerprint density at radius 1 is 1.24 bits per heavy atom. The molecule has 1 atom stereocenters. The molecule has 0 spiro atoms. The van der Waals surface area contributed by atoms with Crippen molar-refractivity contribution in [3.05, 3.63) is 58.9 Å². The Labute approximate surface area is 127 Å². The molecule has 108 valence electrons. The molecule has 21 heavy (non-hydrogen) atoms. The molecule has 1 heterocycles. The van der Waals surface area contributed by atoms with Gasteiger partial charge < -0.3 is 15.4 Å². The third kappa shape index (κ3) is 2.86. The van der Waals surface area contributed by atoms with Crippen molar-refractivity contribution in [2.45, 2.75) is 19.5 Å². The van der Waals surface area contributed by atoms with Crippen LogP contribution in [-0.2, 0) is 6.54 Å². The Morgan fingerprint density at radius 3 is 2.81 bits per heavy atom. The third-order valence-corrected chi connectivity index (χ3v) is 3.85. The lowest BCUT2D eigenvalue weighted by molar-refractivity contribution is 0.459. The van der Waals surface area contributed by atoms with Gasteiger partial charge in [-0.15, -0.1) is 0 Å². The molecule has 2 aromatic carbocycles. The van der Waals surface area contributed by atoms with Crippen molar-refractivity contribution in [3.8, 4) is 5.75 Å². The molecule has 1 unspecified atom stereocenters. The number of hydrogen-bond donors (Lipinski definition) is 3. The maximum Gasteiger partial charge on any atom is 0.124 e. The number of phenolic OH excluding ortho intramolecular Hbond substituents is 1. The van der Waals surface area contributed by atoms with Crippen molar-refractivity contribution >= 4 is 22.6 Å². The van der Waals surface area contributed by atoms with Gasteiger partial charge in [0.15, 0.2) is 0 Å². The van der Waals surface area contributed by atoms with Crippen LogP contribution in [0.3, 0.4) is 0 Å². The maximum absolute atomic E-state index is 9.84. The van der Waals surface area contributed by atoms with Gasteiger partial charge in [0, 0.05) is 17.1 Å². The molecule has 3 rings (SSSR count). The number of nitrogens with zero attached hydrogens (tertiary/aromatic N) is 1. The molecule has 0 bridgehead atoms. The number of imidazole rings is 1. The smallest absolute Gasteiger partial charge is 0.124 e. The molecular formula is C16H16ClN3O. The van der Waals surface area contributed by atoms with Gasteiger partial charge in [0.05, 0.1) is 17.1 Å². The Balaban J connectivity index is 1.75. The highest BCUT2D eigenvalue weighted by Gasteiger charge is 2.12. The quantitative estimate of drug-likeness (QED) is 0.687. The summed E-state index contributed by atoms with van der Waals surface area (Å²) in [6.45, 7) is 2.50. The van der Waals surface area contributed by atoms with Crippen LogP contribution in [0.25, 0.3) is 11.0 Å². The van der Waals surface area contributed by atoms with Crippen LogP contribution in [-0.4, -0.2) is 15.1 Å². The van der Waals surface area contributed by atoms with Gasteiger partial charge in [0.25, 0.3) is 0 Å². The second-order valence-corrected chi connectivity index (χ2v) is 5.39. The van der Waals surface area contributed by atoms with Crippen LogP contribution in [0.15, 0.2) is 42.5 Å². The zero-order chi connectivity index (χ0) is 14.8. The number of para-hydroxylation sites is 2. The minimum Gasteiger partial charge on any atom is -0.508 e. The lowest BCUT2D eigenvalue weighted by atomic mass is 10.2. The van der Waals surface area contributed by atoms with Gasteiger partial charge in [-0.3, -0.25) is 0 Å². The summed E-state index contributed by atoms with van der Waals surface area (Å²) in [6, 6.07) is 13.1. The van der Waals surface area contributed by atoms with Crippen molar-refractivity contribution in [3.63, 3.8) is 0 Å². The molecular weight excluding hydrogens is 286 g/mol. The number of rotatable bonds is 4. The van der Waals surface area contributed by atoms with E-state index in [9.17, 15) is 5.11 Å². The van der Waals surface area contributed by atoms with Gasteiger partial charge in [0.2, 0.25) is 0 Å². The van der Waals surface area contributed by atoms with Crippen LogP contribution in [0.5, 0.6) is 5.75 Å². The Bertz CT molecular complexity index is 716. The molecule has 0 saturated carbocycles. The number of hydrogen-bond acceptors (Lipinski definition) is 3. The molecule has 1 aromatic heterocycles. The van der Waals surface area contributed by atoms with Gasteiger partial charge in [-0.05, 0) is 31.2 Å². The van der Waals surface area contributed by atoms with E-state index in [0.29, 0.717) is 17.1 Å². The normalized spacial score (nSPS) is 12.7. The number of fused-ring (bicyclic) bond motifs is 1. The molecule has 0 aliphatic heterocycles. The first kappa shape index (κ1) is 13.9. The van der Waals surface area contributed by atoms with Crippen LogP contribution in [0, 0.1) is 0 Å². The van der Waals surface area contributed by atoms with Crippen molar-refractivity contribution in [1.82, 2.24) is 15.3 Å². The molecule has 0 fully saturated rings. The number of aromatic nitrogens is 2. The predicted molar refractivity (Wildman–Crippen MR) is 84.5 cm³/mol. The fourth-order valence-electron chi connectivity index (χ4n) is 2.25. The predicted octanol–water partition coefficient (Wildman–Crippen LogP) is 3.77. The fourth-order valence-corrected chi connectivity index (χ4v) is 2.49. The van der Waals surface area contributed by atoms with Crippen LogP contribution < -0.4 is 5.32 Å².